The molecule has 4 heteroatoms. The molecule has 0 spiro atoms. The second-order valence-electron chi connectivity index (χ2n) is 5.29. The quantitative estimate of drug-likeness (QED) is 0.845. The molecule has 1 aliphatic heterocycles. The molecule has 20 heavy (non-hydrogen) atoms. The average molecular weight is 342 g/mol. The summed E-state index contributed by atoms with van der Waals surface area (Å²) in [6.45, 7) is 0.926. The Bertz CT molecular complexity index is 419. The first-order valence-electron chi connectivity index (χ1n) is 7.37. The number of methoxy groups -OCH3 is 1. The highest BCUT2D eigenvalue weighted by molar-refractivity contribution is 9.10. The molecule has 0 bridgehead atoms. The number of nitrogens with one attached hydrogen (secondary N) is 1. The molecule has 3 nitrogen and oxygen atoms in total. The highest BCUT2D eigenvalue weighted by atomic mass is 79.9. The van der Waals surface area contributed by atoms with Crippen LogP contribution in [0.4, 0.5) is 0 Å². The van der Waals surface area contributed by atoms with Gasteiger partial charge in [-0.05, 0) is 57.4 Å². The Morgan fingerprint density at radius 2 is 2.30 bits per heavy atom. The third kappa shape index (κ3) is 4.21. The Morgan fingerprint density at radius 1 is 1.45 bits per heavy atom. The number of ether oxygens (including phenoxy) is 2. The minimum Gasteiger partial charge on any atom is -0.496 e. The molecule has 112 valence electrons. The Balaban J connectivity index is 2.01. The molecule has 1 saturated heterocycles. The minimum absolute atomic E-state index is 0.299. The highest BCUT2D eigenvalue weighted by Gasteiger charge is 2.19. The largest absolute Gasteiger partial charge is 0.496 e. The van der Waals surface area contributed by atoms with Gasteiger partial charge in [0.05, 0.1) is 13.2 Å². The zero-order chi connectivity index (χ0) is 14.4. The lowest BCUT2D eigenvalue weighted by Gasteiger charge is -2.25. The van der Waals surface area contributed by atoms with E-state index < -0.39 is 0 Å². The smallest absolute Gasteiger partial charge is 0.123 e. The van der Waals surface area contributed by atoms with Crippen LogP contribution in [0.5, 0.6) is 5.75 Å². The molecular formula is C16H24BrNO2. The van der Waals surface area contributed by atoms with Gasteiger partial charge >= 0.3 is 0 Å². The van der Waals surface area contributed by atoms with Crippen molar-refractivity contribution in [2.45, 2.75) is 44.2 Å². The third-order valence-corrected chi connectivity index (χ3v) is 4.46. The Hall–Kier alpha value is -0.580. The van der Waals surface area contributed by atoms with Crippen LogP contribution in [0.25, 0.3) is 0 Å². The van der Waals surface area contributed by atoms with Crippen LogP contribution in [-0.4, -0.2) is 26.9 Å². The number of halogens is 1. The van der Waals surface area contributed by atoms with Crippen LogP contribution in [0.2, 0.25) is 0 Å². The lowest BCUT2D eigenvalue weighted by molar-refractivity contribution is 0.00862. The van der Waals surface area contributed by atoms with E-state index in [0.29, 0.717) is 12.1 Å². The number of benzene rings is 1. The summed E-state index contributed by atoms with van der Waals surface area (Å²) >= 11 is 3.54. The lowest BCUT2D eigenvalue weighted by Crippen LogP contribution is -2.23. The second-order valence-corrected chi connectivity index (χ2v) is 6.21. The van der Waals surface area contributed by atoms with Gasteiger partial charge < -0.3 is 14.8 Å². The van der Waals surface area contributed by atoms with E-state index in [0.717, 1.165) is 29.7 Å². The highest BCUT2D eigenvalue weighted by Crippen LogP contribution is 2.32. The fourth-order valence-corrected chi connectivity index (χ4v) is 3.20. The van der Waals surface area contributed by atoms with E-state index in [-0.39, 0.29) is 0 Å². The van der Waals surface area contributed by atoms with Crippen molar-refractivity contribution in [2.24, 2.45) is 0 Å². The van der Waals surface area contributed by atoms with Crippen molar-refractivity contribution in [2.75, 3.05) is 20.8 Å². The average Bonchev–Trinajstić information content (AvgIpc) is 2.49. The molecule has 0 aromatic heterocycles. The minimum atomic E-state index is 0.299. The molecular weight excluding hydrogens is 318 g/mol. The van der Waals surface area contributed by atoms with E-state index in [2.05, 4.69) is 27.3 Å². The van der Waals surface area contributed by atoms with Gasteiger partial charge in [-0.25, -0.2) is 0 Å². The summed E-state index contributed by atoms with van der Waals surface area (Å²) in [5, 5.41) is 3.40. The number of hydrogen-bond acceptors (Lipinski definition) is 3. The Kier molecular flexibility index (Phi) is 6.33. The SMILES string of the molecule is CNC(CCC1CCCCO1)c1cc(Br)ccc1OC. The molecule has 1 aromatic carbocycles. The zero-order valence-electron chi connectivity index (χ0n) is 12.3. The molecule has 2 rings (SSSR count). The third-order valence-electron chi connectivity index (χ3n) is 3.97. The predicted molar refractivity (Wildman–Crippen MR) is 85.3 cm³/mol. The van der Waals surface area contributed by atoms with Crippen LogP contribution >= 0.6 is 15.9 Å². The van der Waals surface area contributed by atoms with E-state index in [9.17, 15) is 0 Å². The number of rotatable bonds is 6. The summed E-state index contributed by atoms with van der Waals surface area (Å²) < 4.78 is 12.4. The van der Waals surface area contributed by atoms with E-state index >= 15 is 0 Å². The molecule has 1 aliphatic rings. The summed E-state index contributed by atoms with van der Waals surface area (Å²) in [4.78, 5) is 0. The first-order valence-corrected chi connectivity index (χ1v) is 8.16. The lowest BCUT2D eigenvalue weighted by atomic mass is 9.97. The molecule has 0 saturated carbocycles. The molecule has 2 unspecified atom stereocenters. The van der Waals surface area contributed by atoms with Gasteiger partial charge in [0.15, 0.2) is 0 Å². The van der Waals surface area contributed by atoms with Crippen molar-refractivity contribution in [1.82, 2.24) is 5.32 Å². The van der Waals surface area contributed by atoms with Crippen molar-refractivity contribution in [3.8, 4) is 5.75 Å². The van der Waals surface area contributed by atoms with Gasteiger partial charge in [0.1, 0.15) is 5.75 Å². The maximum absolute atomic E-state index is 5.82. The maximum atomic E-state index is 5.82. The standard InChI is InChI=1S/C16H24BrNO2/c1-18-15(8-7-13-5-3-4-10-20-13)14-11-12(17)6-9-16(14)19-2/h6,9,11,13,15,18H,3-5,7-8,10H2,1-2H3. The predicted octanol–water partition coefficient (Wildman–Crippen LogP) is 4.07. The fourth-order valence-electron chi connectivity index (χ4n) is 2.82. The molecule has 1 N–H and O–H groups in total. The molecule has 0 radical (unpaired) electrons. The number of hydrogen-bond donors (Lipinski definition) is 1. The van der Waals surface area contributed by atoms with Gasteiger partial charge in [-0.2, -0.15) is 0 Å². The molecule has 0 amide bonds. The van der Waals surface area contributed by atoms with Gasteiger partial charge in [-0.15, -0.1) is 0 Å². The van der Waals surface area contributed by atoms with Crippen LogP contribution in [0.1, 0.15) is 43.7 Å². The van der Waals surface area contributed by atoms with Crippen molar-refractivity contribution in [3.63, 3.8) is 0 Å². The van der Waals surface area contributed by atoms with Gasteiger partial charge in [-0.3, -0.25) is 0 Å². The van der Waals surface area contributed by atoms with Gasteiger partial charge in [-0.1, -0.05) is 15.9 Å². The van der Waals surface area contributed by atoms with Crippen LogP contribution in [0.15, 0.2) is 22.7 Å². The first-order chi connectivity index (χ1) is 9.74. The summed E-state index contributed by atoms with van der Waals surface area (Å²) in [6.07, 6.45) is 6.31. The van der Waals surface area contributed by atoms with E-state index in [1.165, 1.54) is 24.8 Å². The summed E-state index contributed by atoms with van der Waals surface area (Å²) in [5.41, 5.74) is 1.21. The van der Waals surface area contributed by atoms with E-state index in [1.54, 1.807) is 7.11 Å². The molecule has 0 aliphatic carbocycles. The van der Waals surface area contributed by atoms with Crippen LogP contribution in [0.3, 0.4) is 0 Å². The molecule has 2 atom stereocenters. The van der Waals surface area contributed by atoms with E-state index in [1.807, 2.05) is 19.2 Å². The van der Waals surface area contributed by atoms with Crippen molar-refractivity contribution in [1.29, 1.82) is 0 Å². The summed E-state index contributed by atoms with van der Waals surface area (Å²) in [5.74, 6) is 0.942. The summed E-state index contributed by atoms with van der Waals surface area (Å²) in [6, 6.07) is 6.47. The van der Waals surface area contributed by atoms with Crippen molar-refractivity contribution in [3.05, 3.63) is 28.2 Å². The van der Waals surface area contributed by atoms with Crippen molar-refractivity contribution >= 4 is 15.9 Å². The van der Waals surface area contributed by atoms with Crippen LogP contribution in [-0.2, 0) is 4.74 Å². The zero-order valence-corrected chi connectivity index (χ0v) is 13.9. The first kappa shape index (κ1) is 15.8. The molecule has 1 aromatic rings. The topological polar surface area (TPSA) is 30.5 Å². The van der Waals surface area contributed by atoms with Gasteiger partial charge in [0.2, 0.25) is 0 Å². The van der Waals surface area contributed by atoms with Gasteiger partial charge in [0, 0.05) is 22.7 Å². The molecule has 1 heterocycles. The maximum Gasteiger partial charge on any atom is 0.123 e. The molecule has 1 fully saturated rings. The van der Waals surface area contributed by atoms with Crippen molar-refractivity contribution < 1.29 is 9.47 Å². The Morgan fingerprint density at radius 3 is 2.95 bits per heavy atom. The van der Waals surface area contributed by atoms with Gasteiger partial charge in [0.25, 0.3) is 0 Å². The monoisotopic (exact) mass is 341 g/mol. The summed E-state index contributed by atoms with van der Waals surface area (Å²) in [7, 11) is 3.73. The van der Waals surface area contributed by atoms with Crippen LogP contribution < -0.4 is 10.1 Å². The Labute approximate surface area is 130 Å². The second kappa shape index (κ2) is 8.01. The normalized spacial score (nSPS) is 20.6. The fraction of sp³-hybridized carbons (Fsp3) is 0.625. The van der Waals surface area contributed by atoms with E-state index in [4.69, 9.17) is 9.47 Å². The van der Waals surface area contributed by atoms with Crippen LogP contribution in [0, 0.1) is 0 Å².